The number of amides is 1. The molecule has 0 saturated carbocycles. The Labute approximate surface area is 185 Å². The van der Waals surface area contributed by atoms with Crippen molar-refractivity contribution in [2.24, 2.45) is 0 Å². The lowest BCUT2D eigenvalue weighted by atomic mass is 9.86. The molecule has 5 nitrogen and oxygen atoms in total. The van der Waals surface area contributed by atoms with Crippen molar-refractivity contribution in [2.45, 2.75) is 25.3 Å². The fourth-order valence-corrected chi connectivity index (χ4v) is 5.07. The zero-order valence-corrected chi connectivity index (χ0v) is 17.3. The first kappa shape index (κ1) is 18.8. The second-order valence-electron chi connectivity index (χ2n) is 8.39. The summed E-state index contributed by atoms with van der Waals surface area (Å²) in [6.07, 6.45) is 1.98. The van der Waals surface area contributed by atoms with E-state index in [4.69, 9.17) is 0 Å². The summed E-state index contributed by atoms with van der Waals surface area (Å²) < 4.78 is 0. The molecule has 5 heteroatoms. The Hall–Kier alpha value is -3.99. The molecule has 0 unspecified atom stereocenters. The lowest BCUT2D eigenvalue weighted by Gasteiger charge is -2.27. The average molecular weight is 420 g/mol. The molecule has 0 radical (unpaired) electrons. The highest BCUT2D eigenvalue weighted by atomic mass is 16.2. The maximum absolute atomic E-state index is 13.5. The van der Waals surface area contributed by atoms with Crippen LogP contribution >= 0.6 is 0 Å². The van der Waals surface area contributed by atoms with Gasteiger partial charge in [0.05, 0.1) is 17.4 Å². The first-order valence-corrected chi connectivity index (χ1v) is 10.8. The van der Waals surface area contributed by atoms with Crippen LogP contribution in [0.1, 0.15) is 57.1 Å². The molecule has 2 aliphatic heterocycles. The highest BCUT2D eigenvalue weighted by Crippen LogP contribution is 2.49. The number of hydrogen-bond acceptors (Lipinski definition) is 4. The second-order valence-corrected chi connectivity index (χ2v) is 8.39. The molecule has 0 aromatic heterocycles. The number of rotatable bonds is 2. The van der Waals surface area contributed by atoms with Crippen LogP contribution < -0.4 is 10.2 Å². The van der Waals surface area contributed by atoms with E-state index in [-0.39, 0.29) is 17.5 Å². The number of anilines is 2. The maximum Gasteiger partial charge on any atom is 0.259 e. The van der Waals surface area contributed by atoms with Gasteiger partial charge in [-0.3, -0.25) is 19.3 Å². The van der Waals surface area contributed by atoms with Crippen LogP contribution in [0.15, 0.2) is 84.1 Å². The van der Waals surface area contributed by atoms with E-state index in [1.165, 1.54) is 0 Å². The molecule has 156 valence electrons. The van der Waals surface area contributed by atoms with Crippen molar-refractivity contribution in [1.29, 1.82) is 0 Å². The molecular formula is C27H20N2O3. The van der Waals surface area contributed by atoms with E-state index in [2.05, 4.69) is 5.32 Å². The van der Waals surface area contributed by atoms with Crippen LogP contribution in [0.3, 0.4) is 0 Å². The highest BCUT2D eigenvalue weighted by molar-refractivity contribution is 6.17. The molecule has 1 N–H and O–H groups in total. The summed E-state index contributed by atoms with van der Waals surface area (Å²) in [7, 11) is 0. The third-order valence-electron chi connectivity index (χ3n) is 6.53. The first-order chi connectivity index (χ1) is 15.6. The van der Waals surface area contributed by atoms with E-state index in [1.54, 1.807) is 29.2 Å². The van der Waals surface area contributed by atoms with Crippen molar-refractivity contribution in [3.63, 3.8) is 0 Å². The number of allylic oxidation sites excluding steroid dienone is 1. The minimum Gasteiger partial charge on any atom is -0.357 e. The van der Waals surface area contributed by atoms with Gasteiger partial charge in [0.2, 0.25) is 0 Å². The number of carbonyl (C=O) groups is 3. The minimum absolute atomic E-state index is 0.0756. The molecule has 0 saturated heterocycles. The third-order valence-corrected chi connectivity index (χ3v) is 6.53. The van der Waals surface area contributed by atoms with Gasteiger partial charge in [0, 0.05) is 34.4 Å². The summed E-state index contributed by atoms with van der Waals surface area (Å²) in [6.45, 7) is 0. The third kappa shape index (κ3) is 2.67. The van der Waals surface area contributed by atoms with Gasteiger partial charge in [-0.25, -0.2) is 0 Å². The van der Waals surface area contributed by atoms with Crippen molar-refractivity contribution >= 4 is 28.8 Å². The predicted octanol–water partition coefficient (Wildman–Crippen LogP) is 5.05. The summed E-state index contributed by atoms with van der Waals surface area (Å²) in [5.74, 6) is -0.129. The normalized spacial score (nSPS) is 18.9. The Morgan fingerprint density at radius 2 is 1.66 bits per heavy atom. The first-order valence-electron chi connectivity index (χ1n) is 10.8. The van der Waals surface area contributed by atoms with Crippen LogP contribution in [0.2, 0.25) is 0 Å². The molecule has 1 amide bonds. The van der Waals surface area contributed by atoms with Crippen LogP contribution in [-0.2, 0) is 4.79 Å². The van der Waals surface area contributed by atoms with Gasteiger partial charge in [0.15, 0.2) is 11.6 Å². The largest absolute Gasteiger partial charge is 0.357 e. The van der Waals surface area contributed by atoms with Gasteiger partial charge in [-0.1, -0.05) is 48.5 Å². The van der Waals surface area contributed by atoms with Gasteiger partial charge < -0.3 is 5.32 Å². The zero-order valence-electron chi connectivity index (χ0n) is 17.3. The molecule has 0 spiro atoms. The van der Waals surface area contributed by atoms with Crippen molar-refractivity contribution in [1.82, 2.24) is 0 Å². The van der Waals surface area contributed by atoms with Crippen LogP contribution in [0.25, 0.3) is 0 Å². The van der Waals surface area contributed by atoms with Crippen molar-refractivity contribution in [3.05, 3.63) is 106 Å². The minimum atomic E-state index is -0.439. The number of nitrogens with one attached hydrogen (secondary N) is 1. The summed E-state index contributed by atoms with van der Waals surface area (Å²) >= 11 is 0. The SMILES string of the molecule is O=C1CCCC2=C1[C@@H]1c3ccccc3C(=O)N1c1ccc(C(=O)c3ccccc3)cc1N2. The van der Waals surface area contributed by atoms with Crippen LogP contribution in [0, 0.1) is 0 Å². The molecule has 0 fully saturated rings. The van der Waals surface area contributed by atoms with Gasteiger partial charge in [-0.15, -0.1) is 0 Å². The fourth-order valence-electron chi connectivity index (χ4n) is 5.07. The van der Waals surface area contributed by atoms with Crippen LogP contribution in [0.5, 0.6) is 0 Å². The Kier molecular flexibility index (Phi) is 4.12. The summed E-state index contributed by atoms with van der Waals surface area (Å²) in [4.78, 5) is 41.3. The molecule has 3 aromatic carbocycles. The highest BCUT2D eigenvalue weighted by Gasteiger charge is 2.45. The number of Topliss-reactive ketones (excluding diaryl/α,β-unsaturated/α-hetero) is 1. The number of fused-ring (bicyclic) bond motifs is 6. The van der Waals surface area contributed by atoms with E-state index in [1.807, 2.05) is 48.5 Å². The molecule has 32 heavy (non-hydrogen) atoms. The molecular weight excluding hydrogens is 400 g/mol. The molecule has 1 atom stereocenters. The Bertz CT molecular complexity index is 1340. The van der Waals surface area contributed by atoms with Crippen LogP contribution in [0.4, 0.5) is 11.4 Å². The summed E-state index contributed by atoms with van der Waals surface area (Å²) in [5, 5.41) is 3.43. The van der Waals surface area contributed by atoms with Gasteiger partial charge in [-0.05, 0) is 42.7 Å². The Morgan fingerprint density at radius 1 is 0.875 bits per heavy atom. The average Bonchev–Trinajstić information content (AvgIpc) is 3.02. The molecule has 6 rings (SSSR count). The lowest BCUT2D eigenvalue weighted by Crippen LogP contribution is -2.31. The van der Waals surface area contributed by atoms with Crippen molar-refractivity contribution in [2.75, 3.05) is 10.2 Å². The topological polar surface area (TPSA) is 66.5 Å². The number of hydrogen-bond donors (Lipinski definition) is 1. The molecule has 2 heterocycles. The number of ketones is 2. The molecule has 1 aliphatic carbocycles. The number of nitrogens with zero attached hydrogens (tertiary/aromatic N) is 1. The second kappa shape index (κ2) is 7.02. The monoisotopic (exact) mass is 420 g/mol. The Balaban J connectivity index is 1.54. The summed E-state index contributed by atoms with van der Waals surface area (Å²) in [5.41, 5.74) is 5.51. The standard InChI is InChI=1S/C27H20N2O3/c30-23-12-6-11-20-24(23)25-18-9-4-5-10-19(18)27(32)29(25)22-14-13-17(15-21(22)28-20)26(31)16-7-2-1-3-8-16/h1-5,7-10,13-15,25,28H,6,11-12H2/t25-/m0/s1. The molecule has 3 aliphatic rings. The van der Waals surface area contributed by atoms with Gasteiger partial charge >= 0.3 is 0 Å². The maximum atomic E-state index is 13.5. The van der Waals surface area contributed by atoms with Crippen molar-refractivity contribution in [3.8, 4) is 0 Å². The molecule has 0 bridgehead atoms. The van der Waals surface area contributed by atoms with Crippen molar-refractivity contribution < 1.29 is 14.4 Å². The van der Waals surface area contributed by atoms with Gasteiger partial charge in [0.1, 0.15) is 0 Å². The van der Waals surface area contributed by atoms with E-state index in [0.29, 0.717) is 40.1 Å². The fraction of sp³-hybridized carbons (Fsp3) is 0.148. The van der Waals surface area contributed by atoms with Gasteiger partial charge in [0.25, 0.3) is 5.91 Å². The number of benzene rings is 3. The predicted molar refractivity (Wildman–Crippen MR) is 122 cm³/mol. The smallest absolute Gasteiger partial charge is 0.259 e. The Morgan fingerprint density at radius 3 is 2.50 bits per heavy atom. The van der Waals surface area contributed by atoms with Crippen LogP contribution in [-0.4, -0.2) is 17.5 Å². The lowest BCUT2D eigenvalue weighted by molar-refractivity contribution is -0.116. The molecule has 3 aromatic rings. The quantitative estimate of drug-likeness (QED) is 0.589. The van der Waals surface area contributed by atoms with E-state index in [9.17, 15) is 14.4 Å². The number of carbonyl (C=O) groups excluding carboxylic acids is 3. The van der Waals surface area contributed by atoms with E-state index in [0.717, 1.165) is 24.1 Å². The van der Waals surface area contributed by atoms with Gasteiger partial charge in [-0.2, -0.15) is 0 Å². The van der Waals surface area contributed by atoms with E-state index >= 15 is 0 Å². The zero-order chi connectivity index (χ0) is 21.8. The summed E-state index contributed by atoms with van der Waals surface area (Å²) in [6, 6.07) is 21.6. The van der Waals surface area contributed by atoms with E-state index < -0.39 is 6.04 Å².